The molecule has 0 unspecified atom stereocenters. The van der Waals surface area contributed by atoms with E-state index in [-0.39, 0.29) is 0 Å². The molecule has 0 radical (unpaired) electrons. The molecule has 5 rings (SSSR count). The molecule has 36 heavy (non-hydrogen) atoms. The lowest BCUT2D eigenvalue weighted by molar-refractivity contribution is -0.140. The van der Waals surface area contributed by atoms with E-state index in [0.717, 1.165) is 39.2 Å². The smallest absolute Gasteiger partial charge is 0.412 e. The predicted octanol–water partition coefficient (Wildman–Crippen LogP) is 7.65. The largest absolute Gasteiger partial charge is 0.481 e. The Bertz CT molecular complexity index is 1390. The molecule has 1 saturated carbocycles. The van der Waals surface area contributed by atoms with Gasteiger partial charge in [-0.05, 0) is 47.6 Å². The summed E-state index contributed by atoms with van der Waals surface area (Å²) >= 11 is 0.948. The van der Waals surface area contributed by atoms with Crippen LogP contribution in [-0.4, -0.2) is 17.2 Å². The first-order valence-electron chi connectivity index (χ1n) is 11.6. The van der Waals surface area contributed by atoms with Crippen molar-refractivity contribution in [3.05, 3.63) is 101 Å². The maximum Gasteiger partial charge on any atom is 0.412 e. The van der Waals surface area contributed by atoms with Crippen LogP contribution in [0.4, 0.5) is 14.9 Å². The molecule has 0 saturated heterocycles. The number of anilines is 1. The van der Waals surface area contributed by atoms with E-state index in [9.17, 15) is 19.1 Å². The first-order valence-corrected chi connectivity index (χ1v) is 12.4. The van der Waals surface area contributed by atoms with Gasteiger partial charge in [0.1, 0.15) is 6.10 Å². The number of amides is 1. The predicted molar refractivity (Wildman–Crippen MR) is 139 cm³/mol. The highest BCUT2D eigenvalue weighted by atomic mass is 32.1. The van der Waals surface area contributed by atoms with E-state index < -0.39 is 28.7 Å². The topological polar surface area (TPSA) is 75.6 Å². The monoisotopic (exact) mass is 501 g/mol. The molecule has 1 amide bonds. The maximum absolute atomic E-state index is 14.2. The van der Waals surface area contributed by atoms with Crippen molar-refractivity contribution < 1.29 is 23.8 Å². The number of carbonyl (C=O) groups excluding carboxylic acids is 1. The van der Waals surface area contributed by atoms with Crippen molar-refractivity contribution in [1.29, 1.82) is 0 Å². The van der Waals surface area contributed by atoms with E-state index >= 15 is 0 Å². The van der Waals surface area contributed by atoms with Gasteiger partial charge in [-0.3, -0.25) is 10.1 Å². The van der Waals surface area contributed by atoms with Gasteiger partial charge in [0.15, 0.2) is 5.13 Å². The fourth-order valence-corrected chi connectivity index (χ4v) is 5.15. The van der Waals surface area contributed by atoms with Crippen molar-refractivity contribution in [3.63, 3.8) is 0 Å². The zero-order valence-electron chi connectivity index (χ0n) is 19.5. The number of ether oxygens (including phenoxy) is 1. The van der Waals surface area contributed by atoms with Crippen molar-refractivity contribution in [2.75, 3.05) is 5.32 Å². The van der Waals surface area contributed by atoms with Crippen LogP contribution < -0.4 is 5.32 Å². The maximum atomic E-state index is 14.2. The summed E-state index contributed by atoms with van der Waals surface area (Å²) in [7, 11) is 0. The lowest BCUT2D eigenvalue weighted by atomic mass is 9.93. The molecule has 1 aliphatic rings. The molecule has 1 aliphatic carbocycles. The summed E-state index contributed by atoms with van der Waals surface area (Å²) in [5, 5.41) is 11.8. The number of halogens is 1. The Balaban J connectivity index is 1.30. The quantitative estimate of drug-likeness (QED) is 0.273. The number of rotatable bonds is 7. The van der Waals surface area contributed by atoms with Gasteiger partial charge < -0.3 is 9.84 Å². The number of thiophene rings is 1. The van der Waals surface area contributed by atoms with Gasteiger partial charge in [-0.2, -0.15) is 4.39 Å². The zero-order chi connectivity index (χ0) is 25.3. The highest BCUT2D eigenvalue weighted by Crippen LogP contribution is 2.48. The average molecular weight is 502 g/mol. The number of carboxylic acids is 1. The summed E-state index contributed by atoms with van der Waals surface area (Å²) < 4.78 is 19.6. The van der Waals surface area contributed by atoms with Gasteiger partial charge >= 0.3 is 12.1 Å². The standard InChI is InChI=1S/C29H24FNO4S/c1-18(19-5-3-2-4-6-19)35-28(34)31-24-17-25(30)36-26(24)22-9-7-20(8-10-22)21-11-13-23(14-12-21)29(15-16-29)27(32)33/h2-14,17-18H,15-16H2,1H3,(H,31,34)(H,32,33)/t18-/m1/s1. The highest BCUT2D eigenvalue weighted by molar-refractivity contribution is 7.14. The Kier molecular flexibility index (Phi) is 6.33. The number of carbonyl (C=O) groups is 2. The molecule has 182 valence electrons. The minimum atomic E-state index is -0.773. The van der Waals surface area contributed by atoms with Gasteiger partial charge in [-0.15, -0.1) is 11.3 Å². The molecular formula is C29H24FNO4S. The first kappa shape index (κ1) is 23.8. The Hall–Kier alpha value is -3.97. The Morgan fingerprint density at radius 1 is 0.944 bits per heavy atom. The van der Waals surface area contributed by atoms with Crippen LogP contribution in [0.15, 0.2) is 84.9 Å². The molecule has 1 heterocycles. The fourth-order valence-electron chi connectivity index (χ4n) is 4.31. The molecule has 1 atom stereocenters. The summed E-state index contributed by atoms with van der Waals surface area (Å²) in [6, 6.07) is 25.9. The van der Waals surface area contributed by atoms with Crippen molar-refractivity contribution in [2.24, 2.45) is 0 Å². The third kappa shape index (κ3) is 4.75. The van der Waals surface area contributed by atoms with Crippen LogP contribution in [0.5, 0.6) is 0 Å². The Morgan fingerprint density at radius 2 is 1.53 bits per heavy atom. The molecule has 0 bridgehead atoms. The van der Waals surface area contributed by atoms with Gasteiger partial charge in [0.25, 0.3) is 0 Å². The summed E-state index contributed by atoms with van der Waals surface area (Å²) in [6.07, 6.45) is 0.233. The molecule has 2 N–H and O–H groups in total. The number of hydrogen-bond donors (Lipinski definition) is 2. The lowest BCUT2D eigenvalue weighted by Gasteiger charge is -2.14. The Morgan fingerprint density at radius 3 is 2.11 bits per heavy atom. The number of benzene rings is 3. The van der Waals surface area contributed by atoms with Crippen LogP contribution in [0.2, 0.25) is 0 Å². The summed E-state index contributed by atoms with van der Waals surface area (Å²) in [6.45, 7) is 1.78. The van der Waals surface area contributed by atoms with E-state index in [2.05, 4.69) is 5.32 Å². The lowest BCUT2D eigenvalue weighted by Crippen LogP contribution is -2.19. The van der Waals surface area contributed by atoms with Gasteiger partial charge in [0.2, 0.25) is 0 Å². The molecule has 5 nitrogen and oxygen atoms in total. The van der Waals surface area contributed by atoms with Crippen LogP contribution in [0, 0.1) is 5.13 Å². The van der Waals surface area contributed by atoms with Crippen LogP contribution in [0.1, 0.15) is 37.0 Å². The van der Waals surface area contributed by atoms with Crippen LogP contribution >= 0.6 is 11.3 Å². The second-order valence-corrected chi connectivity index (χ2v) is 9.92. The van der Waals surface area contributed by atoms with E-state index in [1.165, 1.54) is 6.07 Å². The van der Waals surface area contributed by atoms with Crippen molar-refractivity contribution >= 4 is 29.1 Å². The normalized spacial score (nSPS) is 14.6. The number of aliphatic carboxylic acids is 1. The average Bonchev–Trinajstić information content (AvgIpc) is 3.63. The summed E-state index contributed by atoms with van der Waals surface area (Å²) in [4.78, 5) is 24.6. The van der Waals surface area contributed by atoms with Crippen molar-refractivity contribution in [2.45, 2.75) is 31.3 Å². The highest BCUT2D eigenvalue weighted by Gasteiger charge is 2.51. The molecule has 7 heteroatoms. The third-order valence-electron chi connectivity index (χ3n) is 6.57. The van der Waals surface area contributed by atoms with Crippen molar-refractivity contribution in [1.82, 2.24) is 0 Å². The van der Waals surface area contributed by atoms with Crippen LogP contribution in [0.3, 0.4) is 0 Å². The Labute approximate surface area is 212 Å². The zero-order valence-corrected chi connectivity index (χ0v) is 20.3. The van der Waals surface area contributed by atoms with Crippen LogP contribution in [0.25, 0.3) is 21.6 Å². The van der Waals surface area contributed by atoms with E-state index in [0.29, 0.717) is 23.4 Å². The second-order valence-electron chi connectivity index (χ2n) is 8.92. The number of hydrogen-bond acceptors (Lipinski definition) is 4. The van der Waals surface area contributed by atoms with Gasteiger partial charge in [-0.1, -0.05) is 78.9 Å². The summed E-state index contributed by atoms with van der Waals surface area (Å²) in [5.41, 5.74) is 3.99. The molecule has 4 aromatic rings. The van der Waals surface area contributed by atoms with Gasteiger partial charge in [0, 0.05) is 6.07 Å². The SMILES string of the molecule is C[C@@H](OC(=O)Nc1cc(F)sc1-c1ccc(-c2ccc(C3(C(=O)O)CC3)cc2)cc1)c1ccccc1. The summed E-state index contributed by atoms with van der Waals surface area (Å²) in [5.74, 6) is -0.773. The van der Waals surface area contributed by atoms with Crippen molar-refractivity contribution in [3.8, 4) is 21.6 Å². The van der Waals surface area contributed by atoms with Crippen LogP contribution in [-0.2, 0) is 14.9 Å². The minimum Gasteiger partial charge on any atom is -0.481 e. The molecule has 0 aliphatic heterocycles. The molecular weight excluding hydrogens is 477 g/mol. The van der Waals surface area contributed by atoms with E-state index in [4.69, 9.17) is 4.74 Å². The molecule has 1 fully saturated rings. The van der Waals surface area contributed by atoms with E-state index in [1.54, 1.807) is 6.92 Å². The van der Waals surface area contributed by atoms with Gasteiger partial charge in [-0.25, -0.2) is 4.79 Å². The number of nitrogens with one attached hydrogen (secondary N) is 1. The van der Waals surface area contributed by atoms with E-state index in [1.807, 2.05) is 78.9 Å². The van der Waals surface area contributed by atoms with Gasteiger partial charge in [0.05, 0.1) is 16.0 Å². The number of carboxylic acid groups (broad SMARTS) is 1. The second kappa shape index (κ2) is 9.59. The molecule has 0 spiro atoms. The minimum absolute atomic E-state index is 0.350. The molecule has 3 aromatic carbocycles. The third-order valence-corrected chi connectivity index (χ3v) is 7.54. The first-order chi connectivity index (χ1) is 17.4. The molecule has 1 aromatic heterocycles. The fraction of sp³-hybridized carbons (Fsp3) is 0.172.